The summed E-state index contributed by atoms with van der Waals surface area (Å²) >= 11 is 0. The van der Waals surface area contributed by atoms with Crippen LogP contribution in [0.1, 0.15) is 22.3 Å². The van der Waals surface area contributed by atoms with Crippen molar-refractivity contribution in [1.29, 1.82) is 0 Å². The average molecular weight is 877 g/mol. The predicted molar refractivity (Wildman–Crippen MR) is 287 cm³/mol. The molecule has 0 saturated heterocycles. The topological polar surface area (TPSA) is 25.8 Å². The molecule has 0 fully saturated rings. The molecule has 0 unspecified atom stereocenters. The molecule has 0 amide bonds. The Morgan fingerprint density at radius 2 is 0.739 bits per heavy atom. The van der Waals surface area contributed by atoms with Crippen LogP contribution in [0, 0.1) is 0 Å². The van der Waals surface area contributed by atoms with Crippen molar-refractivity contribution in [3.63, 3.8) is 0 Å². The molecule has 11 aromatic carbocycles. The van der Waals surface area contributed by atoms with Crippen LogP contribution >= 0.6 is 0 Å². The van der Waals surface area contributed by atoms with E-state index in [9.17, 15) is 0 Å². The van der Waals surface area contributed by atoms with Crippen LogP contribution in [0.2, 0.25) is 0 Å². The van der Waals surface area contributed by atoms with Crippen molar-refractivity contribution in [3.8, 4) is 78.4 Å². The van der Waals surface area contributed by atoms with Gasteiger partial charge in [0, 0.05) is 16.7 Å². The smallest absolute Gasteiger partial charge is 0.160 e. The van der Waals surface area contributed by atoms with Crippen molar-refractivity contribution < 1.29 is 0 Å². The van der Waals surface area contributed by atoms with Gasteiger partial charge >= 0.3 is 0 Å². The van der Waals surface area contributed by atoms with Crippen LogP contribution in [0.15, 0.2) is 267 Å². The zero-order valence-corrected chi connectivity index (χ0v) is 37.8. The van der Waals surface area contributed by atoms with Gasteiger partial charge in [-0.15, -0.1) is 0 Å². The minimum Gasteiger partial charge on any atom is -0.228 e. The van der Waals surface area contributed by atoms with Crippen molar-refractivity contribution in [2.75, 3.05) is 0 Å². The van der Waals surface area contributed by atoms with E-state index in [1.807, 2.05) is 18.2 Å². The normalized spacial score (nSPS) is 12.5. The molecule has 0 bridgehead atoms. The highest BCUT2D eigenvalue weighted by atomic mass is 14.9. The van der Waals surface area contributed by atoms with Gasteiger partial charge in [0.15, 0.2) is 5.82 Å². The van der Waals surface area contributed by atoms with Gasteiger partial charge in [0.1, 0.15) is 0 Å². The van der Waals surface area contributed by atoms with Gasteiger partial charge in [-0.2, -0.15) is 0 Å². The van der Waals surface area contributed by atoms with Crippen molar-refractivity contribution in [2.45, 2.75) is 5.41 Å². The first-order valence-corrected chi connectivity index (χ1v) is 23.7. The molecule has 0 saturated carbocycles. The fourth-order valence-electron chi connectivity index (χ4n) is 11.1. The van der Waals surface area contributed by atoms with E-state index >= 15 is 0 Å². The van der Waals surface area contributed by atoms with E-state index in [0.29, 0.717) is 5.82 Å². The van der Waals surface area contributed by atoms with E-state index in [1.54, 1.807) is 0 Å². The summed E-state index contributed by atoms with van der Waals surface area (Å²) in [5.74, 6) is 0.697. The maximum atomic E-state index is 5.30. The van der Waals surface area contributed by atoms with Gasteiger partial charge in [0.2, 0.25) is 0 Å². The monoisotopic (exact) mass is 876 g/mol. The van der Waals surface area contributed by atoms with Crippen LogP contribution in [0.25, 0.3) is 100.0 Å². The first-order valence-electron chi connectivity index (χ1n) is 23.7. The van der Waals surface area contributed by atoms with E-state index in [4.69, 9.17) is 9.97 Å². The Hall–Kier alpha value is -8.98. The summed E-state index contributed by atoms with van der Waals surface area (Å²) in [6.45, 7) is 0. The molecular formula is C67H44N2. The molecule has 1 heterocycles. The molecule has 2 heteroatoms. The highest BCUT2D eigenvalue weighted by Gasteiger charge is 2.46. The molecule has 13 rings (SSSR count). The fourth-order valence-corrected chi connectivity index (χ4v) is 11.1. The molecule has 69 heavy (non-hydrogen) atoms. The molecule has 2 nitrogen and oxygen atoms in total. The van der Waals surface area contributed by atoms with Crippen LogP contribution in [0.3, 0.4) is 0 Å². The quantitative estimate of drug-likeness (QED) is 0.152. The van der Waals surface area contributed by atoms with Gasteiger partial charge in [-0.25, -0.2) is 9.97 Å². The third-order valence-electron chi connectivity index (χ3n) is 14.2. The molecule has 1 aromatic heterocycles. The number of fused-ring (bicyclic) bond motifs is 5. The minimum absolute atomic E-state index is 0.462. The Labute approximate surface area is 402 Å². The highest BCUT2D eigenvalue weighted by Crippen LogP contribution is 2.58. The molecule has 322 valence electrons. The Balaban J connectivity index is 0.929. The summed E-state index contributed by atoms with van der Waals surface area (Å²) in [5, 5.41) is 4.79. The summed E-state index contributed by atoms with van der Waals surface area (Å²) in [6, 6.07) is 96.7. The lowest BCUT2D eigenvalue weighted by Gasteiger charge is -2.34. The zero-order chi connectivity index (χ0) is 45.7. The van der Waals surface area contributed by atoms with Crippen molar-refractivity contribution in [2.24, 2.45) is 0 Å². The first kappa shape index (κ1) is 40.3. The van der Waals surface area contributed by atoms with Crippen LogP contribution in [-0.4, -0.2) is 9.97 Å². The molecule has 1 aliphatic carbocycles. The van der Waals surface area contributed by atoms with Crippen molar-refractivity contribution in [1.82, 2.24) is 9.97 Å². The van der Waals surface area contributed by atoms with Gasteiger partial charge in [0.05, 0.1) is 16.8 Å². The number of rotatable bonds is 8. The second-order valence-corrected chi connectivity index (χ2v) is 18.0. The Morgan fingerprint density at radius 3 is 1.49 bits per heavy atom. The molecule has 12 aromatic rings. The summed E-state index contributed by atoms with van der Waals surface area (Å²) < 4.78 is 0. The van der Waals surface area contributed by atoms with E-state index in [1.165, 1.54) is 77.4 Å². The molecular weight excluding hydrogens is 833 g/mol. The lowest BCUT2D eigenvalue weighted by Crippen LogP contribution is -2.28. The molecule has 0 N–H and O–H groups in total. The SMILES string of the molecule is c1ccc(-c2nc(-c3ccc(-c4cccc5ccccc45)cc3)cc(-c3ccc(-c4cccc(-c5cccc6c5-c5ccccc5C6(c5ccccc5)c5ccccc5)c4)c4ccccc34)n2)cc1. The molecule has 0 aliphatic heterocycles. The zero-order valence-electron chi connectivity index (χ0n) is 37.8. The second-order valence-electron chi connectivity index (χ2n) is 18.0. The van der Waals surface area contributed by atoms with Crippen LogP contribution < -0.4 is 0 Å². The van der Waals surface area contributed by atoms with E-state index in [2.05, 4.69) is 249 Å². The van der Waals surface area contributed by atoms with E-state index in [-0.39, 0.29) is 0 Å². The number of hydrogen-bond donors (Lipinski definition) is 0. The molecule has 0 atom stereocenters. The Morgan fingerprint density at radius 1 is 0.261 bits per heavy atom. The number of benzene rings is 11. The fraction of sp³-hybridized carbons (Fsp3) is 0.0149. The Bertz CT molecular complexity index is 3830. The van der Waals surface area contributed by atoms with Crippen LogP contribution in [0.4, 0.5) is 0 Å². The third-order valence-corrected chi connectivity index (χ3v) is 14.2. The lowest BCUT2D eigenvalue weighted by atomic mass is 9.67. The summed E-state index contributed by atoms with van der Waals surface area (Å²) in [4.78, 5) is 10.5. The van der Waals surface area contributed by atoms with Gasteiger partial charge in [-0.3, -0.25) is 0 Å². The summed E-state index contributed by atoms with van der Waals surface area (Å²) in [6.07, 6.45) is 0. The van der Waals surface area contributed by atoms with E-state index < -0.39 is 5.41 Å². The highest BCUT2D eigenvalue weighted by molar-refractivity contribution is 6.06. The largest absolute Gasteiger partial charge is 0.228 e. The number of nitrogens with zero attached hydrogens (tertiary/aromatic N) is 2. The second kappa shape index (κ2) is 16.7. The number of aromatic nitrogens is 2. The van der Waals surface area contributed by atoms with Crippen LogP contribution in [0.5, 0.6) is 0 Å². The van der Waals surface area contributed by atoms with Crippen LogP contribution in [-0.2, 0) is 5.41 Å². The third kappa shape index (κ3) is 6.72. The molecule has 0 radical (unpaired) electrons. The average Bonchev–Trinajstić information content (AvgIpc) is 3.74. The summed E-state index contributed by atoms with van der Waals surface area (Å²) in [5.41, 5.74) is 19.2. The van der Waals surface area contributed by atoms with E-state index in [0.717, 1.165) is 39.0 Å². The lowest BCUT2D eigenvalue weighted by molar-refractivity contribution is 0.768. The minimum atomic E-state index is -0.462. The molecule has 1 aliphatic rings. The van der Waals surface area contributed by atoms with Gasteiger partial charge < -0.3 is 0 Å². The Kier molecular flexibility index (Phi) is 9.77. The number of hydrogen-bond acceptors (Lipinski definition) is 2. The maximum Gasteiger partial charge on any atom is 0.160 e. The van der Waals surface area contributed by atoms with Gasteiger partial charge in [-0.05, 0) is 100 Å². The molecule has 0 spiro atoms. The summed E-state index contributed by atoms with van der Waals surface area (Å²) in [7, 11) is 0. The van der Waals surface area contributed by atoms with Gasteiger partial charge in [-0.1, -0.05) is 255 Å². The maximum absolute atomic E-state index is 5.30. The van der Waals surface area contributed by atoms with Crippen molar-refractivity contribution in [3.05, 3.63) is 289 Å². The van der Waals surface area contributed by atoms with Gasteiger partial charge in [0.25, 0.3) is 0 Å². The predicted octanol–water partition coefficient (Wildman–Crippen LogP) is 17.1. The standard InChI is InChI=1S/C67H44N2/c1-4-20-48(21-5-1)66-68-63(47-39-37-46(38-40-47)54-33-17-22-45-19-10-11-29-53(45)54)44-64(69-66)59-42-41-55(57-30-12-13-31-58(57)59)49-23-16-24-50(43-49)56-34-18-36-62-65(56)60-32-14-15-35-61(60)67(62,51-25-6-2-7-26-51)52-27-8-3-9-28-52/h1-44H. The van der Waals surface area contributed by atoms with Crippen molar-refractivity contribution >= 4 is 21.5 Å². The first-order chi connectivity index (χ1) is 34.2.